The Morgan fingerprint density at radius 2 is 1.70 bits per heavy atom. The van der Waals surface area contributed by atoms with Crippen molar-refractivity contribution in [2.45, 2.75) is 56.8 Å². The van der Waals surface area contributed by atoms with Gasteiger partial charge < -0.3 is 15.3 Å². The minimum Gasteiger partial charge on any atom is -0.395 e. The first-order chi connectivity index (χ1) is 9.51. The molecule has 3 atom stereocenters. The highest BCUT2D eigenvalue weighted by atomic mass is 19.3. The molecular formula is C14H25F2NO3. The number of piperidine rings is 1. The Labute approximate surface area is 118 Å². The van der Waals surface area contributed by atoms with Crippen LogP contribution in [0.1, 0.15) is 32.1 Å². The summed E-state index contributed by atoms with van der Waals surface area (Å²) in [4.78, 5) is 2.00. The van der Waals surface area contributed by atoms with Gasteiger partial charge in [-0.3, -0.25) is 4.90 Å². The lowest BCUT2D eigenvalue weighted by atomic mass is 9.81. The van der Waals surface area contributed by atoms with Crippen LogP contribution in [0.4, 0.5) is 8.78 Å². The van der Waals surface area contributed by atoms with Crippen LogP contribution in [0, 0.1) is 11.8 Å². The molecule has 20 heavy (non-hydrogen) atoms. The topological polar surface area (TPSA) is 63.9 Å². The zero-order chi connectivity index (χ0) is 14.7. The summed E-state index contributed by atoms with van der Waals surface area (Å²) < 4.78 is 25.2. The maximum absolute atomic E-state index is 12.6. The van der Waals surface area contributed by atoms with Crippen LogP contribution < -0.4 is 0 Å². The van der Waals surface area contributed by atoms with Crippen LogP contribution in [0.3, 0.4) is 0 Å². The SMILES string of the molecule is OC[C@H]1CC(O)[C@@H](O)CN1CC1CCC(C(F)F)CC1. The monoisotopic (exact) mass is 293 g/mol. The smallest absolute Gasteiger partial charge is 0.241 e. The molecule has 0 bridgehead atoms. The molecule has 1 aliphatic heterocycles. The van der Waals surface area contributed by atoms with Crippen molar-refractivity contribution in [2.75, 3.05) is 19.7 Å². The molecule has 4 nitrogen and oxygen atoms in total. The number of nitrogens with zero attached hydrogens (tertiary/aromatic N) is 1. The van der Waals surface area contributed by atoms with E-state index in [-0.39, 0.29) is 12.6 Å². The highest BCUT2D eigenvalue weighted by Gasteiger charge is 2.35. The van der Waals surface area contributed by atoms with E-state index in [9.17, 15) is 24.1 Å². The lowest BCUT2D eigenvalue weighted by Gasteiger charge is -2.42. The number of hydrogen-bond donors (Lipinski definition) is 3. The van der Waals surface area contributed by atoms with Crippen LogP contribution in [0.5, 0.6) is 0 Å². The number of likely N-dealkylation sites (tertiary alicyclic amines) is 1. The molecule has 0 aromatic rings. The highest BCUT2D eigenvalue weighted by molar-refractivity contribution is 4.88. The Morgan fingerprint density at radius 3 is 2.25 bits per heavy atom. The molecule has 2 fully saturated rings. The number of hydrogen-bond acceptors (Lipinski definition) is 4. The molecule has 0 amide bonds. The van der Waals surface area contributed by atoms with Crippen molar-refractivity contribution >= 4 is 0 Å². The van der Waals surface area contributed by atoms with E-state index < -0.39 is 24.6 Å². The van der Waals surface area contributed by atoms with Crippen molar-refractivity contribution in [2.24, 2.45) is 11.8 Å². The number of aliphatic hydroxyl groups is 3. The Balaban J connectivity index is 1.83. The molecule has 0 radical (unpaired) electrons. The van der Waals surface area contributed by atoms with E-state index >= 15 is 0 Å². The Hall–Kier alpha value is -0.300. The summed E-state index contributed by atoms with van der Waals surface area (Å²) in [6.45, 7) is 1.02. The van der Waals surface area contributed by atoms with Crippen LogP contribution in [-0.2, 0) is 0 Å². The van der Waals surface area contributed by atoms with E-state index in [4.69, 9.17) is 0 Å². The number of aliphatic hydroxyl groups excluding tert-OH is 3. The number of β-amino-alcohol motifs (C(OH)–C–C–N with tert-alkyl or cyclic N) is 1. The molecule has 1 aliphatic carbocycles. The number of halogens is 2. The van der Waals surface area contributed by atoms with Gasteiger partial charge in [-0.25, -0.2) is 8.78 Å². The molecule has 1 heterocycles. The molecule has 2 rings (SSSR count). The van der Waals surface area contributed by atoms with Gasteiger partial charge in [0.25, 0.3) is 0 Å². The molecular weight excluding hydrogens is 268 g/mol. The van der Waals surface area contributed by atoms with Crippen molar-refractivity contribution in [3.8, 4) is 0 Å². The first-order valence-electron chi connectivity index (χ1n) is 7.50. The van der Waals surface area contributed by atoms with E-state index in [0.29, 0.717) is 38.3 Å². The summed E-state index contributed by atoms with van der Waals surface area (Å²) in [5.41, 5.74) is 0. The van der Waals surface area contributed by atoms with Gasteiger partial charge >= 0.3 is 0 Å². The van der Waals surface area contributed by atoms with Gasteiger partial charge in [0.1, 0.15) is 0 Å². The molecule has 1 saturated heterocycles. The average Bonchev–Trinajstić information content (AvgIpc) is 2.43. The van der Waals surface area contributed by atoms with Crippen LogP contribution in [0.2, 0.25) is 0 Å². The summed E-state index contributed by atoms with van der Waals surface area (Å²) in [5.74, 6) is -0.116. The predicted octanol–water partition coefficient (Wildman–Crippen LogP) is 0.846. The summed E-state index contributed by atoms with van der Waals surface area (Å²) >= 11 is 0. The van der Waals surface area contributed by atoms with Crippen molar-refractivity contribution in [1.29, 1.82) is 0 Å². The maximum Gasteiger partial charge on any atom is 0.241 e. The van der Waals surface area contributed by atoms with Crippen LogP contribution in [0.25, 0.3) is 0 Å². The molecule has 1 saturated carbocycles. The lowest BCUT2D eigenvalue weighted by molar-refractivity contribution is -0.0769. The molecule has 3 N–H and O–H groups in total. The van der Waals surface area contributed by atoms with Crippen molar-refractivity contribution in [1.82, 2.24) is 4.90 Å². The summed E-state index contributed by atoms with van der Waals surface area (Å²) in [5, 5.41) is 28.7. The zero-order valence-electron chi connectivity index (χ0n) is 11.7. The van der Waals surface area contributed by atoms with Crippen molar-refractivity contribution in [3.63, 3.8) is 0 Å². The van der Waals surface area contributed by atoms with Gasteiger partial charge in [-0.05, 0) is 38.0 Å². The fourth-order valence-corrected chi connectivity index (χ4v) is 3.46. The minimum absolute atomic E-state index is 0.0455. The first kappa shape index (κ1) is 16.1. The largest absolute Gasteiger partial charge is 0.395 e. The highest BCUT2D eigenvalue weighted by Crippen LogP contribution is 2.33. The third-order valence-electron chi connectivity index (χ3n) is 4.85. The quantitative estimate of drug-likeness (QED) is 0.719. The normalized spacial score (nSPS) is 40.2. The van der Waals surface area contributed by atoms with Gasteiger partial charge in [0.05, 0.1) is 18.8 Å². The first-order valence-corrected chi connectivity index (χ1v) is 7.50. The van der Waals surface area contributed by atoms with Crippen LogP contribution >= 0.6 is 0 Å². The van der Waals surface area contributed by atoms with Gasteiger partial charge in [-0.2, -0.15) is 0 Å². The second kappa shape index (κ2) is 7.11. The van der Waals surface area contributed by atoms with E-state index in [2.05, 4.69) is 0 Å². The molecule has 6 heteroatoms. The van der Waals surface area contributed by atoms with Gasteiger partial charge in [0, 0.05) is 25.0 Å². The fourth-order valence-electron chi connectivity index (χ4n) is 3.46. The third kappa shape index (κ3) is 3.87. The third-order valence-corrected chi connectivity index (χ3v) is 4.85. The average molecular weight is 293 g/mol. The van der Waals surface area contributed by atoms with Crippen molar-refractivity contribution < 1.29 is 24.1 Å². The zero-order valence-corrected chi connectivity index (χ0v) is 11.7. The summed E-state index contributed by atoms with van der Waals surface area (Å²) in [7, 11) is 0. The Morgan fingerprint density at radius 1 is 1.05 bits per heavy atom. The van der Waals surface area contributed by atoms with E-state index in [1.807, 2.05) is 4.90 Å². The summed E-state index contributed by atoms with van der Waals surface area (Å²) in [6, 6.07) is -0.138. The Kier molecular flexibility index (Phi) is 5.72. The van der Waals surface area contributed by atoms with Gasteiger partial charge in [0.2, 0.25) is 6.43 Å². The second-order valence-corrected chi connectivity index (χ2v) is 6.28. The summed E-state index contributed by atoms with van der Waals surface area (Å²) in [6.07, 6.45) is -0.730. The molecule has 118 valence electrons. The van der Waals surface area contributed by atoms with E-state index in [0.717, 1.165) is 12.8 Å². The molecule has 0 aromatic carbocycles. The van der Waals surface area contributed by atoms with Crippen molar-refractivity contribution in [3.05, 3.63) is 0 Å². The Bertz CT molecular complexity index is 298. The van der Waals surface area contributed by atoms with Crippen LogP contribution in [-0.4, -0.2) is 64.6 Å². The lowest BCUT2D eigenvalue weighted by Crippen LogP contribution is -2.54. The standard InChI is InChI=1S/C14H25F2NO3/c15-14(16)10-3-1-9(2-4-10)6-17-7-13(20)12(19)5-11(17)8-18/h9-14,18-20H,1-8H2/t9?,10?,11-,12?,13+/m1/s1. The van der Waals surface area contributed by atoms with Gasteiger partial charge in [0.15, 0.2) is 0 Å². The number of rotatable bonds is 4. The second-order valence-electron chi connectivity index (χ2n) is 6.28. The predicted molar refractivity (Wildman–Crippen MR) is 70.5 cm³/mol. The molecule has 2 aliphatic rings. The maximum atomic E-state index is 12.6. The minimum atomic E-state index is -2.21. The van der Waals surface area contributed by atoms with E-state index in [1.165, 1.54) is 0 Å². The van der Waals surface area contributed by atoms with E-state index in [1.54, 1.807) is 0 Å². The molecule has 0 aromatic heterocycles. The fraction of sp³-hybridized carbons (Fsp3) is 1.00. The molecule has 0 spiro atoms. The number of alkyl halides is 2. The van der Waals surface area contributed by atoms with Gasteiger partial charge in [-0.15, -0.1) is 0 Å². The molecule has 1 unspecified atom stereocenters. The van der Waals surface area contributed by atoms with Crippen LogP contribution in [0.15, 0.2) is 0 Å². The van der Waals surface area contributed by atoms with Gasteiger partial charge in [-0.1, -0.05) is 0 Å².